The molecule has 1 heteroatoms. The summed E-state index contributed by atoms with van der Waals surface area (Å²) in [6.45, 7) is 14.2. The Hall–Kier alpha value is 0.350. The molecule has 0 spiro atoms. The zero-order valence-electron chi connectivity index (χ0n) is 8.62. The van der Waals surface area contributed by atoms with Crippen molar-refractivity contribution in [1.82, 2.24) is 0 Å². The molecule has 0 amide bonds. The Bertz CT molecular complexity index is 148. The summed E-state index contributed by atoms with van der Waals surface area (Å²) in [5, 5.41) is 0. The van der Waals surface area contributed by atoms with Gasteiger partial charge in [-0.1, -0.05) is 41.5 Å². The molecule has 0 nitrogen and oxygen atoms in total. The zero-order valence-corrected chi connectivity index (χ0v) is 9.43. The van der Waals surface area contributed by atoms with Crippen LogP contribution < -0.4 is 0 Å². The predicted octanol–water partition coefficient (Wildman–Crippen LogP) is 3.71. The highest BCUT2D eigenvalue weighted by molar-refractivity contribution is 8.02. The maximum Gasteiger partial charge on any atom is 0.0160 e. The van der Waals surface area contributed by atoms with Crippen LogP contribution in [-0.2, 0) is 0 Å². The van der Waals surface area contributed by atoms with Crippen LogP contribution in [0.2, 0.25) is 0 Å². The summed E-state index contributed by atoms with van der Waals surface area (Å²) in [7, 11) is 0. The maximum atomic E-state index is 2.38. The van der Waals surface area contributed by atoms with Gasteiger partial charge >= 0.3 is 0 Å². The topological polar surface area (TPSA) is 0 Å². The van der Waals surface area contributed by atoms with Crippen LogP contribution in [0.1, 0.15) is 48.0 Å². The smallest absolute Gasteiger partial charge is 0.0160 e. The number of rotatable bonds is 0. The standard InChI is InChI=1S/C10H20S/c1-8(2)7-9(3,4)11-10(8,5)6/h7H2,1-6H3. The van der Waals surface area contributed by atoms with Gasteiger partial charge in [0.1, 0.15) is 0 Å². The van der Waals surface area contributed by atoms with Gasteiger partial charge in [-0.2, -0.15) is 0 Å². The summed E-state index contributed by atoms with van der Waals surface area (Å²) in [6.07, 6.45) is 1.33. The van der Waals surface area contributed by atoms with E-state index in [0.717, 1.165) is 0 Å². The van der Waals surface area contributed by atoms with E-state index >= 15 is 0 Å². The molecule has 0 radical (unpaired) electrons. The van der Waals surface area contributed by atoms with Crippen LogP contribution in [0.15, 0.2) is 0 Å². The van der Waals surface area contributed by atoms with Crippen molar-refractivity contribution in [2.45, 2.75) is 57.5 Å². The summed E-state index contributed by atoms with van der Waals surface area (Å²) in [6, 6.07) is 0. The summed E-state index contributed by atoms with van der Waals surface area (Å²) in [5.41, 5.74) is 0.487. The van der Waals surface area contributed by atoms with Crippen molar-refractivity contribution in [2.24, 2.45) is 5.41 Å². The van der Waals surface area contributed by atoms with E-state index in [4.69, 9.17) is 0 Å². The monoisotopic (exact) mass is 172 g/mol. The van der Waals surface area contributed by atoms with E-state index in [-0.39, 0.29) is 0 Å². The Labute approximate surface area is 75.1 Å². The summed E-state index contributed by atoms with van der Waals surface area (Å²) >= 11 is 2.13. The van der Waals surface area contributed by atoms with Crippen LogP contribution >= 0.6 is 11.8 Å². The molecule has 1 fully saturated rings. The van der Waals surface area contributed by atoms with E-state index in [9.17, 15) is 0 Å². The first-order valence-corrected chi connectivity index (χ1v) is 5.18. The third-order valence-corrected chi connectivity index (χ3v) is 4.79. The Kier molecular flexibility index (Phi) is 1.87. The highest BCUT2D eigenvalue weighted by atomic mass is 32.2. The van der Waals surface area contributed by atoms with E-state index in [2.05, 4.69) is 53.3 Å². The molecule has 0 aliphatic carbocycles. The molecule has 0 saturated carbocycles. The fourth-order valence-electron chi connectivity index (χ4n) is 2.14. The second-order valence-corrected chi connectivity index (χ2v) is 7.76. The van der Waals surface area contributed by atoms with Crippen LogP contribution in [0, 0.1) is 5.41 Å². The first kappa shape index (κ1) is 9.44. The third-order valence-electron chi connectivity index (χ3n) is 3.03. The minimum atomic E-state index is 0.441. The minimum absolute atomic E-state index is 0.441. The van der Waals surface area contributed by atoms with Crippen LogP contribution in [0.3, 0.4) is 0 Å². The zero-order chi connectivity index (χ0) is 8.91. The molecule has 1 heterocycles. The molecule has 1 rings (SSSR count). The van der Waals surface area contributed by atoms with Crippen molar-refractivity contribution in [3.05, 3.63) is 0 Å². The van der Waals surface area contributed by atoms with Gasteiger partial charge in [-0.05, 0) is 11.8 Å². The van der Waals surface area contributed by atoms with Gasteiger partial charge in [0.2, 0.25) is 0 Å². The normalized spacial score (nSPS) is 32.2. The minimum Gasteiger partial charge on any atom is -0.149 e. The molecule has 1 aliphatic rings. The molecule has 1 aliphatic heterocycles. The van der Waals surface area contributed by atoms with Gasteiger partial charge in [0.05, 0.1) is 0 Å². The summed E-state index contributed by atoms with van der Waals surface area (Å²) in [4.78, 5) is 0. The van der Waals surface area contributed by atoms with E-state index in [1.54, 1.807) is 0 Å². The van der Waals surface area contributed by atoms with Gasteiger partial charge in [0.15, 0.2) is 0 Å². The van der Waals surface area contributed by atoms with E-state index in [0.29, 0.717) is 14.9 Å². The van der Waals surface area contributed by atoms with Crippen LogP contribution in [0.4, 0.5) is 0 Å². The molecule has 0 atom stereocenters. The number of hydrogen-bond donors (Lipinski definition) is 0. The maximum absolute atomic E-state index is 2.38. The molecular formula is C10H20S. The van der Waals surface area contributed by atoms with Gasteiger partial charge in [-0.3, -0.25) is 0 Å². The highest BCUT2D eigenvalue weighted by Gasteiger charge is 2.50. The van der Waals surface area contributed by atoms with Gasteiger partial charge in [-0.15, -0.1) is 11.8 Å². The predicted molar refractivity (Wildman–Crippen MR) is 54.1 cm³/mol. The number of hydrogen-bond acceptors (Lipinski definition) is 1. The molecule has 0 aromatic carbocycles. The fourth-order valence-corrected chi connectivity index (χ4v) is 4.31. The average Bonchev–Trinajstić information content (AvgIpc) is 1.66. The fraction of sp³-hybridized carbons (Fsp3) is 1.00. The van der Waals surface area contributed by atoms with Crippen molar-refractivity contribution in [3.8, 4) is 0 Å². The molecule has 0 unspecified atom stereocenters. The van der Waals surface area contributed by atoms with Crippen molar-refractivity contribution in [2.75, 3.05) is 0 Å². The van der Waals surface area contributed by atoms with Crippen LogP contribution in [0.5, 0.6) is 0 Å². The van der Waals surface area contributed by atoms with E-state index in [1.807, 2.05) is 0 Å². The van der Waals surface area contributed by atoms with E-state index in [1.165, 1.54) is 6.42 Å². The quantitative estimate of drug-likeness (QED) is 0.537. The van der Waals surface area contributed by atoms with Crippen molar-refractivity contribution in [3.63, 3.8) is 0 Å². The van der Waals surface area contributed by atoms with Crippen molar-refractivity contribution in [1.29, 1.82) is 0 Å². The van der Waals surface area contributed by atoms with Crippen molar-refractivity contribution < 1.29 is 0 Å². The molecule has 11 heavy (non-hydrogen) atoms. The average molecular weight is 172 g/mol. The molecule has 1 saturated heterocycles. The second kappa shape index (κ2) is 2.18. The van der Waals surface area contributed by atoms with Gasteiger partial charge < -0.3 is 0 Å². The SMILES string of the molecule is CC1(C)CC(C)(C)C(C)(C)S1. The lowest BCUT2D eigenvalue weighted by Crippen LogP contribution is -2.30. The Morgan fingerprint density at radius 2 is 1.36 bits per heavy atom. The van der Waals surface area contributed by atoms with E-state index < -0.39 is 0 Å². The van der Waals surface area contributed by atoms with Crippen molar-refractivity contribution >= 4 is 11.8 Å². The molecule has 0 bridgehead atoms. The largest absolute Gasteiger partial charge is 0.149 e. The molecule has 0 aromatic rings. The first-order valence-electron chi connectivity index (χ1n) is 4.37. The molecule has 0 aromatic heterocycles. The van der Waals surface area contributed by atoms with Crippen LogP contribution in [-0.4, -0.2) is 9.49 Å². The lowest BCUT2D eigenvalue weighted by molar-refractivity contribution is 0.268. The molecule has 66 valence electrons. The van der Waals surface area contributed by atoms with Gasteiger partial charge in [-0.25, -0.2) is 0 Å². The second-order valence-electron chi connectivity index (χ2n) is 5.43. The van der Waals surface area contributed by atoms with Gasteiger partial charge in [0, 0.05) is 9.49 Å². The lowest BCUT2D eigenvalue weighted by atomic mass is 9.75. The Morgan fingerprint density at radius 3 is 1.45 bits per heavy atom. The third kappa shape index (κ3) is 1.58. The Balaban J connectivity index is 2.89. The Morgan fingerprint density at radius 1 is 0.909 bits per heavy atom. The highest BCUT2D eigenvalue weighted by Crippen LogP contribution is 2.59. The van der Waals surface area contributed by atoms with Crippen LogP contribution in [0.25, 0.3) is 0 Å². The summed E-state index contributed by atoms with van der Waals surface area (Å²) in [5.74, 6) is 0. The number of thioether (sulfide) groups is 1. The lowest BCUT2D eigenvalue weighted by Gasteiger charge is -2.33. The molecular weight excluding hydrogens is 152 g/mol. The first-order chi connectivity index (χ1) is 4.66. The van der Waals surface area contributed by atoms with Gasteiger partial charge in [0.25, 0.3) is 0 Å². The summed E-state index contributed by atoms with van der Waals surface area (Å²) < 4.78 is 0.920. The molecule has 0 N–H and O–H groups in total.